The van der Waals surface area contributed by atoms with Crippen LogP contribution >= 0.6 is 11.6 Å². The Kier molecular flexibility index (Phi) is 2.48. The SMILES string of the molecule is CC(N)Cc1cc2cc(Cl)ccc2o1. The molecule has 0 fully saturated rings. The van der Waals surface area contributed by atoms with E-state index in [1.165, 1.54) is 0 Å². The molecule has 0 bridgehead atoms. The summed E-state index contributed by atoms with van der Waals surface area (Å²) in [6.45, 7) is 1.96. The van der Waals surface area contributed by atoms with Gasteiger partial charge in [0, 0.05) is 22.9 Å². The lowest BCUT2D eigenvalue weighted by Crippen LogP contribution is -2.17. The van der Waals surface area contributed by atoms with Gasteiger partial charge in [0.15, 0.2) is 0 Å². The summed E-state index contributed by atoms with van der Waals surface area (Å²) in [6, 6.07) is 7.70. The van der Waals surface area contributed by atoms with Crippen LogP contribution in [0.25, 0.3) is 11.0 Å². The Balaban J connectivity index is 2.41. The number of nitrogens with two attached hydrogens (primary N) is 1. The highest BCUT2D eigenvalue weighted by atomic mass is 35.5. The number of fused-ring (bicyclic) bond motifs is 1. The van der Waals surface area contributed by atoms with Gasteiger partial charge in [0.05, 0.1) is 0 Å². The van der Waals surface area contributed by atoms with Crippen molar-refractivity contribution in [1.29, 1.82) is 0 Å². The van der Waals surface area contributed by atoms with Crippen LogP contribution in [0.15, 0.2) is 28.7 Å². The van der Waals surface area contributed by atoms with Crippen molar-refractivity contribution in [2.24, 2.45) is 5.73 Å². The van der Waals surface area contributed by atoms with Crippen molar-refractivity contribution in [3.63, 3.8) is 0 Å². The Morgan fingerprint density at radius 3 is 2.93 bits per heavy atom. The molecule has 1 aromatic heterocycles. The van der Waals surface area contributed by atoms with Gasteiger partial charge >= 0.3 is 0 Å². The zero-order valence-electron chi connectivity index (χ0n) is 7.96. The van der Waals surface area contributed by atoms with Crippen LogP contribution in [0.4, 0.5) is 0 Å². The molecular formula is C11H12ClNO. The van der Waals surface area contributed by atoms with Crippen LogP contribution in [-0.2, 0) is 6.42 Å². The molecule has 0 radical (unpaired) electrons. The molecule has 0 saturated carbocycles. The summed E-state index contributed by atoms with van der Waals surface area (Å²) < 4.78 is 5.60. The highest BCUT2D eigenvalue weighted by Crippen LogP contribution is 2.23. The fourth-order valence-corrected chi connectivity index (χ4v) is 1.67. The van der Waals surface area contributed by atoms with Crippen molar-refractivity contribution in [3.05, 3.63) is 35.0 Å². The van der Waals surface area contributed by atoms with Crippen LogP contribution in [0.3, 0.4) is 0 Å². The molecule has 1 aromatic carbocycles. The lowest BCUT2D eigenvalue weighted by Gasteiger charge is -1.98. The maximum Gasteiger partial charge on any atom is 0.134 e. The van der Waals surface area contributed by atoms with Crippen molar-refractivity contribution < 1.29 is 4.42 Å². The third-order valence-electron chi connectivity index (χ3n) is 2.05. The van der Waals surface area contributed by atoms with Crippen LogP contribution in [0.5, 0.6) is 0 Å². The van der Waals surface area contributed by atoms with Gasteiger partial charge in [0.1, 0.15) is 11.3 Å². The van der Waals surface area contributed by atoms with Gasteiger partial charge in [-0.05, 0) is 31.2 Å². The molecule has 0 saturated heterocycles. The maximum absolute atomic E-state index is 5.87. The molecule has 1 unspecified atom stereocenters. The number of halogens is 1. The number of furan rings is 1. The third-order valence-corrected chi connectivity index (χ3v) is 2.29. The average Bonchev–Trinajstić information content (AvgIpc) is 2.44. The Morgan fingerprint density at radius 1 is 1.43 bits per heavy atom. The maximum atomic E-state index is 5.87. The van der Waals surface area contributed by atoms with Crippen molar-refractivity contribution in [3.8, 4) is 0 Å². The first-order valence-corrected chi connectivity index (χ1v) is 4.96. The average molecular weight is 210 g/mol. The first-order chi connectivity index (χ1) is 6.65. The minimum absolute atomic E-state index is 0.117. The Bertz CT molecular complexity index is 447. The fourth-order valence-electron chi connectivity index (χ4n) is 1.49. The number of hydrogen-bond donors (Lipinski definition) is 1. The molecule has 2 rings (SSSR count). The monoisotopic (exact) mass is 209 g/mol. The number of hydrogen-bond acceptors (Lipinski definition) is 2. The summed E-state index contributed by atoms with van der Waals surface area (Å²) in [4.78, 5) is 0. The van der Waals surface area contributed by atoms with Gasteiger partial charge in [-0.2, -0.15) is 0 Å². The molecule has 14 heavy (non-hydrogen) atoms. The van der Waals surface area contributed by atoms with E-state index in [1.54, 1.807) is 0 Å². The molecule has 74 valence electrons. The second kappa shape index (κ2) is 3.64. The van der Waals surface area contributed by atoms with Crippen molar-refractivity contribution in [2.75, 3.05) is 0 Å². The number of benzene rings is 1. The predicted molar refractivity (Wildman–Crippen MR) is 58.6 cm³/mol. The number of rotatable bonds is 2. The Hall–Kier alpha value is -0.990. The van der Waals surface area contributed by atoms with Gasteiger partial charge in [0.25, 0.3) is 0 Å². The second-order valence-electron chi connectivity index (χ2n) is 3.58. The van der Waals surface area contributed by atoms with E-state index >= 15 is 0 Å². The van der Waals surface area contributed by atoms with Crippen LogP contribution in [0.1, 0.15) is 12.7 Å². The quantitative estimate of drug-likeness (QED) is 0.826. The molecule has 0 spiro atoms. The molecule has 1 heterocycles. The van der Waals surface area contributed by atoms with Crippen LogP contribution in [0.2, 0.25) is 5.02 Å². The van der Waals surface area contributed by atoms with Crippen LogP contribution < -0.4 is 5.73 Å². The van der Waals surface area contributed by atoms with Gasteiger partial charge < -0.3 is 10.2 Å². The van der Waals surface area contributed by atoms with E-state index in [-0.39, 0.29) is 6.04 Å². The molecule has 0 amide bonds. The van der Waals surface area contributed by atoms with E-state index in [0.717, 1.165) is 28.2 Å². The van der Waals surface area contributed by atoms with E-state index in [0.29, 0.717) is 0 Å². The first kappa shape index (κ1) is 9.56. The zero-order chi connectivity index (χ0) is 10.1. The third kappa shape index (κ3) is 1.91. The van der Waals surface area contributed by atoms with Crippen LogP contribution in [-0.4, -0.2) is 6.04 Å². The molecule has 0 aliphatic rings. The van der Waals surface area contributed by atoms with E-state index < -0.39 is 0 Å². The lowest BCUT2D eigenvalue weighted by atomic mass is 10.2. The normalized spacial score (nSPS) is 13.4. The standard InChI is InChI=1S/C11H12ClNO/c1-7(13)4-10-6-8-5-9(12)2-3-11(8)14-10/h2-3,5-7H,4,13H2,1H3. The molecule has 0 aliphatic heterocycles. The fraction of sp³-hybridized carbons (Fsp3) is 0.273. The zero-order valence-corrected chi connectivity index (χ0v) is 8.71. The molecule has 2 N–H and O–H groups in total. The minimum atomic E-state index is 0.117. The Morgan fingerprint density at radius 2 is 2.21 bits per heavy atom. The summed E-state index contributed by atoms with van der Waals surface area (Å²) in [6.07, 6.45) is 0.756. The lowest BCUT2D eigenvalue weighted by molar-refractivity contribution is 0.525. The van der Waals surface area contributed by atoms with Gasteiger partial charge in [-0.1, -0.05) is 11.6 Å². The van der Waals surface area contributed by atoms with Crippen molar-refractivity contribution in [2.45, 2.75) is 19.4 Å². The summed E-state index contributed by atoms with van der Waals surface area (Å²) in [5.74, 6) is 0.914. The highest BCUT2D eigenvalue weighted by molar-refractivity contribution is 6.31. The molecule has 0 aliphatic carbocycles. The van der Waals surface area contributed by atoms with Crippen LogP contribution in [0, 0.1) is 0 Å². The topological polar surface area (TPSA) is 39.2 Å². The Labute approximate surface area is 87.6 Å². The van der Waals surface area contributed by atoms with Gasteiger partial charge in [-0.15, -0.1) is 0 Å². The van der Waals surface area contributed by atoms with E-state index in [1.807, 2.05) is 31.2 Å². The highest BCUT2D eigenvalue weighted by Gasteiger charge is 2.05. The predicted octanol–water partition coefficient (Wildman–Crippen LogP) is 2.98. The summed E-state index contributed by atoms with van der Waals surface area (Å²) in [5.41, 5.74) is 6.56. The van der Waals surface area contributed by atoms with Crippen molar-refractivity contribution in [1.82, 2.24) is 0 Å². The van der Waals surface area contributed by atoms with E-state index in [9.17, 15) is 0 Å². The summed E-state index contributed by atoms with van der Waals surface area (Å²) in [5, 5.41) is 1.76. The molecule has 2 aromatic rings. The first-order valence-electron chi connectivity index (χ1n) is 4.59. The molecule has 1 atom stereocenters. The molecular weight excluding hydrogens is 198 g/mol. The van der Waals surface area contributed by atoms with E-state index in [4.69, 9.17) is 21.8 Å². The smallest absolute Gasteiger partial charge is 0.134 e. The van der Waals surface area contributed by atoms with Crippen molar-refractivity contribution >= 4 is 22.6 Å². The van der Waals surface area contributed by atoms with Gasteiger partial charge in [-0.3, -0.25) is 0 Å². The largest absolute Gasteiger partial charge is 0.461 e. The molecule has 3 heteroatoms. The molecule has 2 nitrogen and oxygen atoms in total. The van der Waals surface area contributed by atoms with Gasteiger partial charge in [-0.25, -0.2) is 0 Å². The second-order valence-corrected chi connectivity index (χ2v) is 4.01. The van der Waals surface area contributed by atoms with E-state index in [2.05, 4.69) is 0 Å². The summed E-state index contributed by atoms with van der Waals surface area (Å²) in [7, 11) is 0. The summed E-state index contributed by atoms with van der Waals surface area (Å²) >= 11 is 5.87. The minimum Gasteiger partial charge on any atom is -0.461 e. The van der Waals surface area contributed by atoms with Gasteiger partial charge in [0.2, 0.25) is 0 Å².